The van der Waals surface area contributed by atoms with E-state index in [0.717, 1.165) is 25.9 Å². The molecule has 0 aromatic heterocycles. The van der Waals surface area contributed by atoms with Crippen LogP contribution in [0.1, 0.15) is 19.3 Å². The molecule has 0 aromatic carbocycles. The summed E-state index contributed by atoms with van der Waals surface area (Å²) in [5.74, 6) is 1.18. The number of nitrogens with one attached hydrogen (secondary N) is 1. The summed E-state index contributed by atoms with van der Waals surface area (Å²) in [4.78, 5) is 0. The van der Waals surface area contributed by atoms with Crippen LogP contribution >= 0.6 is 11.8 Å². The Balaban J connectivity index is 2.37. The molecule has 12 heavy (non-hydrogen) atoms. The van der Waals surface area contributed by atoms with E-state index >= 15 is 0 Å². The fourth-order valence-electron chi connectivity index (χ4n) is 1.76. The Hall–Kier alpha value is 0.270. The second-order valence-corrected chi connectivity index (χ2v) is 4.64. The van der Waals surface area contributed by atoms with Crippen LogP contribution in [0.4, 0.5) is 0 Å². The third-order valence-corrected chi connectivity index (χ3v) is 3.45. The van der Waals surface area contributed by atoms with Crippen molar-refractivity contribution in [1.82, 2.24) is 5.32 Å². The summed E-state index contributed by atoms with van der Waals surface area (Å²) in [6.45, 7) is 2.53. The molecule has 0 saturated carbocycles. The van der Waals surface area contributed by atoms with Gasteiger partial charge in [-0.15, -0.1) is 0 Å². The van der Waals surface area contributed by atoms with E-state index in [0.29, 0.717) is 6.61 Å². The molecule has 0 spiro atoms. The second kappa shape index (κ2) is 5.10. The molecule has 2 nitrogen and oxygen atoms in total. The molecule has 1 aliphatic rings. The number of aliphatic hydroxyl groups is 1. The topological polar surface area (TPSA) is 32.3 Å². The van der Waals surface area contributed by atoms with Gasteiger partial charge in [0.15, 0.2) is 0 Å². The number of rotatable bonds is 4. The predicted octanol–water partition coefficient (Wildman–Crippen LogP) is 1.10. The van der Waals surface area contributed by atoms with E-state index in [1.54, 1.807) is 0 Å². The van der Waals surface area contributed by atoms with E-state index in [1.165, 1.54) is 12.2 Å². The summed E-state index contributed by atoms with van der Waals surface area (Å²) in [6, 6.07) is 0. The van der Waals surface area contributed by atoms with Crippen molar-refractivity contribution in [3.8, 4) is 0 Å². The van der Waals surface area contributed by atoms with Crippen molar-refractivity contribution in [1.29, 1.82) is 0 Å². The number of hydrogen-bond donors (Lipinski definition) is 2. The molecule has 1 heterocycles. The minimum absolute atomic E-state index is 0.244. The first-order valence-electron chi connectivity index (χ1n) is 4.63. The number of thioether (sulfide) groups is 1. The Kier molecular flexibility index (Phi) is 4.40. The maximum Gasteiger partial charge on any atom is 0.0488 e. The molecule has 3 heteroatoms. The second-order valence-electron chi connectivity index (χ2n) is 3.65. The average molecular weight is 189 g/mol. The first kappa shape index (κ1) is 10.4. The van der Waals surface area contributed by atoms with Crippen molar-refractivity contribution < 1.29 is 5.11 Å². The maximum atomic E-state index is 9.33. The van der Waals surface area contributed by atoms with Gasteiger partial charge in [0.1, 0.15) is 0 Å². The van der Waals surface area contributed by atoms with Crippen LogP contribution in [0.2, 0.25) is 0 Å². The quantitative estimate of drug-likeness (QED) is 0.694. The lowest BCUT2D eigenvalue weighted by Gasteiger charge is -2.35. The van der Waals surface area contributed by atoms with E-state index in [2.05, 4.69) is 11.6 Å². The highest BCUT2D eigenvalue weighted by molar-refractivity contribution is 7.98. The Morgan fingerprint density at radius 3 is 2.58 bits per heavy atom. The van der Waals surface area contributed by atoms with Gasteiger partial charge in [0, 0.05) is 6.61 Å². The van der Waals surface area contributed by atoms with Gasteiger partial charge in [-0.3, -0.25) is 0 Å². The van der Waals surface area contributed by atoms with Crippen LogP contribution in [0, 0.1) is 5.41 Å². The van der Waals surface area contributed by atoms with E-state index < -0.39 is 0 Å². The van der Waals surface area contributed by atoms with Gasteiger partial charge in [-0.2, -0.15) is 11.8 Å². The standard InChI is InChI=1S/C9H19NOS/c1-12-7-4-9(8-11)2-5-10-6-3-9/h10-11H,2-8H2,1H3. The van der Waals surface area contributed by atoms with E-state index in [1.807, 2.05) is 11.8 Å². The molecule has 0 amide bonds. The fraction of sp³-hybridized carbons (Fsp3) is 1.00. The van der Waals surface area contributed by atoms with Gasteiger partial charge in [-0.05, 0) is 49.8 Å². The van der Waals surface area contributed by atoms with Gasteiger partial charge in [0.25, 0.3) is 0 Å². The zero-order valence-electron chi connectivity index (χ0n) is 7.81. The Bertz CT molecular complexity index is 124. The van der Waals surface area contributed by atoms with Gasteiger partial charge in [0.2, 0.25) is 0 Å². The van der Waals surface area contributed by atoms with Crippen LogP contribution in [-0.4, -0.2) is 36.8 Å². The average Bonchev–Trinajstić information content (AvgIpc) is 2.16. The van der Waals surface area contributed by atoms with Crippen LogP contribution in [-0.2, 0) is 0 Å². The van der Waals surface area contributed by atoms with E-state index in [4.69, 9.17) is 0 Å². The molecule has 0 radical (unpaired) electrons. The molecule has 0 aromatic rings. The zero-order valence-corrected chi connectivity index (χ0v) is 8.62. The highest BCUT2D eigenvalue weighted by atomic mass is 32.2. The lowest BCUT2D eigenvalue weighted by molar-refractivity contribution is 0.0865. The largest absolute Gasteiger partial charge is 0.396 e. The first-order valence-corrected chi connectivity index (χ1v) is 6.03. The van der Waals surface area contributed by atoms with E-state index in [9.17, 15) is 5.11 Å². The molecular formula is C9H19NOS. The molecule has 2 N–H and O–H groups in total. The third-order valence-electron chi connectivity index (χ3n) is 2.84. The van der Waals surface area contributed by atoms with Crippen molar-refractivity contribution in [2.75, 3.05) is 31.7 Å². The van der Waals surface area contributed by atoms with Crippen LogP contribution in [0.3, 0.4) is 0 Å². The van der Waals surface area contributed by atoms with Gasteiger partial charge in [-0.25, -0.2) is 0 Å². The molecule has 0 bridgehead atoms. The van der Waals surface area contributed by atoms with Gasteiger partial charge >= 0.3 is 0 Å². The molecular weight excluding hydrogens is 170 g/mol. The summed E-state index contributed by atoms with van der Waals surface area (Å²) in [5, 5.41) is 12.7. The lowest BCUT2D eigenvalue weighted by atomic mass is 9.77. The van der Waals surface area contributed by atoms with E-state index in [-0.39, 0.29) is 5.41 Å². The molecule has 0 unspecified atom stereocenters. The monoisotopic (exact) mass is 189 g/mol. The van der Waals surface area contributed by atoms with Crippen LogP contribution < -0.4 is 5.32 Å². The molecule has 72 valence electrons. The van der Waals surface area contributed by atoms with Gasteiger partial charge in [0.05, 0.1) is 0 Å². The fourth-order valence-corrected chi connectivity index (χ4v) is 2.40. The van der Waals surface area contributed by atoms with Gasteiger partial charge in [-0.1, -0.05) is 0 Å². The van der Waals surface area contributed by atoms with Crippen molar-refractivity contribution in [2.24, 2.45) is 5.41 Å². The molecule has 1 aliphatic heterocycles. The Labute approximate surface area is 79.1 Å². The smallest absolute Gasteiger partial charge is 0.0488 e. The highest BCUT2D eigenvalue weighted by Crippen LogP contribution is 2.32. The minimum Gasteiger partial charge on any atom is -0.396 e. The summed E-state index contributed by atoms with van der Waals surface area (Å²) in [6.07, 6.45) is 5.59. The van der Waals surface area contributed by atoms with Crippen molar-refractivity contribution in [2.45, 2.75) is 19.3 Å². The SMILES string of the molecule is CSCCC1(CO)CCNCC1. The first-order chi connectivity index (χ1) is 5.83. The number of aliphatic hydroxyl groups excluding tert-OH is 1. The van der Waals surface area contributed by atoms with Crippen LogP contribution in [0.5, 0.6) is 0 Å². The summed E-state index contributed by atoms with van der Waals surface area (Å²) in [5.41, 5.74) is 0.244. The predicted molar refractivity (Wildman–Crippen MR) is 54.6 cm³/mol. The molecule has 0 aliphatic carbocycles. The molecule has 1 rings (SSSR count). The third kappa shape index (κ3) is 2.64. The van der Waals surface area contributed by atoms with Crippen molar-refractivity contribution >= 4 is 11.8 Å². The summed E-state index contributed by atoms with van der Waals surface area (Å²) >= 11 is 1.88. The van der Waals surface area contributed by atoms with Crippen LogP contribution in [0.25, 0.3) is 0 Å². The lowest BCUT2D eigenvalue weighted by Crippen LogP contribution is -2.39. The normalized spacial score (nSPS) is 22.5. The summed E-state index contributed by atoms with van der Waals surface area (Å²) < 4.78 is 0. The van der Waals surface area contributed by atoms with Gasteiger partial charge < -0.3 is 10.4 Å². The maximum absolute atomic E-state index is 9.33. The number of hydrogen-bond acceptors (Lipinski definition) is 3. The molecule has 0 atom stereocenters. The zero-order chi connectivity index (χ0) is 8.86. The minimum atomic E-state index is 0.244. The van der Waals surface area contributed by atoms with Crippen molar-refractivity contribution in [3.05, 3.63) is 0 Å². The van der Waals surface area contributed by atoms with Crippen molar-refractivity contribution in [3.63, 3.8) is 0 Å². The molecule has 1 fully saturated rings. The highest BCUT2D eigenvalue weighted by Gasteiger charge is 2.30. The number of piperidine rings is 1. The summed E-state index contributed by atoms with van der Waals surface area (Å²) in [7, 11) is 0. The molecule has 1 saturated heterocycles. The Morgan fingerprint density at radius 1 is 1.42 bits per heavy atom. The Morgan fingerprint density at radius 2 is 2.08 bits per heavy atom. The van der Waals surface area contributed by atoms with Crippen LogP contribution in [0.15, 0.2) is 0 Å².